The third-order valence-electron chi connectivity index (χ3n) is 3.11. The Hall–Kier alpha value is -2.56. The fourth-order valence-electron chi connectivity index (χ4n) is 2.08. The van der Waals surface area contributed by atoms with E-state index in [-0.39, 0.29) is 12.5 Å². The summed E-state index contributed by atoms with van der Waals surface area (Å²) < 4.78 is 1.68. The second-order valence-electron chi connectivity index (χ2n) is 4.83. The van der Waals surface area contributed by atoms with E-state index < -0.39 is 0 Å². The molecule has 0 spiro atoms. The number of hydrazine groups is 1. The van der Waals surface area contributed by atoms with Crippen LogP contribution in [0, 0.1) is 13.8 Å². The van der Waals surface area contributed by atoms with E-state index in [1.807, 2.05) is 63.2 Å². The van der Waals surface area contributed by atoms with Crippen LogP contribution >= 0.6 is 0 Å². The van der Waals surface area contributed by atoms with Crippen LogP contribution in [0.4, 0.5) is 0 Å². The van der Waals surface area contributed by atoms with Crippen molar-refractivity contribution in [2.45, 2.75) is 27.3 Å². The number of carbonyl (C=O) groups is 1. The number of rotatable bonds is 5. The fraction of sp³-hybridized carbons (Fsp3) is 0.250. The maximum atomic E-state index is 12.0. The molecule has 0 saturated carbocycles. The van der Waals surface area contributed by atoms with Gasteiger partial charge >= 0.3 is 0 Å². The molecule has 0 aliphatic heterocycles. The van der Waals surface area contributed by atoms with Crippen LogP contribution in [0.15, 0.2) is 42.5 Å². The van der Waals surface area contributed by atoms with Crippen LogP contribution in [0.5, 0.6) is 0 Å². The summed E-state index contributed by atoms with van der Waals surface area (Å²) in [6.07, 6.45) is 1.92. The van der Waals surface area contributed by atoms with Gasteiger partial charge in [0.1, 0.15) is 6.54 Å². The molecule has 110 valence electrons. The van der Waals surface area contributed by atoms with Crippen LogP contribution < -0.4 is 10.9 Å². The molecule has 1 aromatic carbocycles. The van der Waals surface area contributed by atoms with Crippen molar-refractivity contribution in [1.29, 1.82) is 0 Å². The van der Waals surface area contributed by atoms with Gasteiger partial charge < -0.3 is 0 Å². The third kappa shape index (κ3) is 3.95. The molecule has 0 fully saturated rings. The number of aryl methyl sites for hydroxylation is 2. The summed E-state index contributed by atoms with van der Waals surface area (Å²) in [4.78, 5) is 12.0. The van der Waals surface area contributed by atoms with Crippen LogP contribution in [0.3, 0.4) is 0 Å². The number of hydrogen-bond donors (Lipinski definition) is 2. The van der Waals surface area contributed by atoms with Gasteiger partial charge in [0, 0.05) is 5.69 Å². The van der Waals surface area contributed by atoms with E-state index in [0.717, 1.165) is 22.6 Å². The molecular formula is C16H20N4O. The van der Waals surface area contributed by atoms with E-state index in [1.54, 1.807) is 4.68 Å². The summed E-state index contributed by atoms with van der Waals surface area (Å²) in [5.41, 5.74) is 9.41. The molecule has 0 radical (unpaired) electrons. The van der Waals surface area contributed by atoms with E-state index in [9.17, 15) is 4.79 Å². The van der Waals surface area contributed by atoms with Crippen molar-refractivity contribution in [1.82, 2.24) is 20.6 Å². The van der Waals surface area contributed by atoms with Gasteiger partial charge in [0.25, 0.3) is 5.91 Å². The maximum absolute atomic E-state index is 12.0. The standard InChI is InChI=1S/C16H20N4O/c1-4-15(14-8-6-5-7-9-14)17-18-16(21)11-20-13(3)10-12(2)19-20/h4-10,17H,11H2,1-3H3,(H,18,21). The minimum atomic E-state index is -0.142. The smallest absolute Gasteiger partial charge is 0.260 e. The molecule has 2 rings (SSSR count). The van der Waals surface area contributed by atoms with Crippen molar-refractivity contribution in [3.05, 3.63) is 59.4 Å². The highest BCUT2D eigenvalue weighted by Crippen LogP contribution is 2.09. The Morgan fingerprint density at radius 2 is 1.95 bits per heavy atom. The number of amides is 1. The second-order valence-corrected chi connectivity index (χ2v) is 4.83. The molecule has 21 heavy (non-hydrogen) atoms. The van der Waals surface area contributed by atoms with E-state index in [0.29, 0.717) is 0 Å². The predicted molar refractivity (Wildman–Crippen MR) is 83.1 cm³/mol. The lowest BCUT2D eigenvalue weighted by Gasteiger charge is -2.12. The van der Waals surface area contributed by atoms with Gasteiger partial charge in [-0.05, 0) is 32.4 Å². The average Bonchev–Trinajstić information content (AvgIpc) is 2.78. The van der Waals surface area contributed by atoms with Crippen LogP contribution in [0.25, 0.3) is 5.70 Å². The molecule has 1 amide bonds. The average molecular weight is 284 g/mol. The number of allylic oxidation sites excluding steroid dienone is 1. The van der Waals surface area contributed by atoms with Gasteiger partial charge in [-0.25, -0.2) is 0 Å². The van der Waals surface area contributed by atoms with Crippen molar-refractivity contribution in [3.8, 4) is 0 Å². The number of aromatic nitrogens is 2. The normalized spacial score (nSPS) is 11.3. The monoisotopic (exact) mass is 284 g/mol. The lowest BCUT2D eigenvalue weighted by molar-refractivity contribution is -0.122. The summed E-state index contributed by atoms with van der Waals surface area (Å²) in [5, 5.41) is 4.27. The van der Waals surface area contributed by atoms with E-state index >= 15 is 0 Å². The Morgan fingerprint density at radius 1 is 1.24 bits per heavy atom. The van der Waals surface area contributed by atoms with Crippen LogP contribution in [0.1, 0.15) is 23.9 Å². The number of nitrogens with zero attached hydrogens (tertiary/aromatic N) is 2. The topological polar surface area (TPSA) is 58.9 Å². The summed E-state index contributed by atoms with van der Waals surface area (Å²) >= 11 is 0. The Morgan fingerprint density at radius 3 is 2.52 bits per heavy atom. The molecular weight excluding hydrogens is 264 g/mol. The van der Waals surface area contributed by atoms with Gasteiger partial charge in [-0.3, -0.25) is 20.3 Å². The summed E-state index contributed by atoms with van der Waals surface area (Å²) in [7, 11) is 0. The Balaban J connectivity index is 1.93. The molecule has 1 aromatic heterocycles. The first-order chi connectivity index (χ1) is 10.1. The molecule has 5 nitrogen and oxygen atoms in total. The Labute approximate surface area is 124 Å². The summed E-state index contributed by atoms with van der Waals surface area (Å²) in [6, 6.07) is 11.8. The second kappa shape index (κ2) is 6.74. The van der Waals surface area contributed by atoms with E-state index in [1.165, 1.54) is 0 Å². The van der Waals surface area contributed by atoms with Crippen LogP contribution in [0.2, 0.25) is 0 Å². The highest BCUT2D eigenvalue weighted by molar-refractivity contribution is 5.77. The van der Waals surface area contributed by atoms with Gasteiger partial charge in [0.05, 0.1) is 11.4 Å². The quantitative estimate of drug-likeness (QED) is 0.827. The van der Waals surface area contributed by atoms with E-state index in [4.69, 9.17) is 0 Å². The van der Waals surface area contributed by atoms with Crippen molar-refractivity contribution >= 4 is 11.6 Å². The lowest BCUT2D eigenvalue weighted by atomic mass is 10.1. The molecule has 5 heteroatoms. The first kappa shape index (κ1) is 14.8. The third-order valence-corrected chi connectivity index (χ3v) is 3.11. The van der Waals surface area contributed by atoms with Crippen molar-refractivity contribution < 1.29 is 4.79 Å². The zero-order valence-corrected chi connectivity index (χ0v) is 12.6. The zero-order chi connectivity index (χ0) is 15.2. The summed E-state index contributed by atoms with van der Waals surface area (Å²) in [6.45, 7) is 5.95. The number of hydrogen-bond acceptors (Lipinski definition) is 3. The minimum absolute atomic E-state index is 0.142. The molecule has 0 bridgehead atoms. The molecule has 1 heterocycles. The predicted octanol–water partition coefficient (Wildman–Crippen LogP) is 2.18. The highest BCUT2D eigenvalue weighted by Gasteiger charge is 2.07. The minimum Gasteiger partial charge on any atom is -0.298 e. The van der Waals surface area contributed by atoms with Crippen LogP contribution in [-0.4, -0.2) is 15.7 Å². The van der Waals surface area contributed by atoms with Crippen LogP contribution in [-0.2, 0) is 11.3 Å². The SMILES string of the molecule is CC=C(NNC(=O)Cn1nc(C)cc1C)c1ccccc1. The van der Waals surface area contributed by atoms with Crippen molar-refractivity contribution in [2.24, 2.45) is 0 Å². The molecule has 0 aliphatic rings. The highest BCUT2D eigenvalue weighted by atomic mass is 16.2. The number of benzene rings is 1. The molecule has 0 atom stereocenters. The Bertz CT molecular complexity index is 644. The van der Waals surface area contributed by atoms with Crippen molar-refractivity contribution in [2.75, 3.05) is 0 Å². The van der Waals surface area contributed by atoms with Gasteiger partial charge in [-0.15, -0.1) is 0 Å². The molecule has 2 aromatic rings. The lowest BCUT2D eigenvalue weighted by Crippen LogP contribution is -2.38. The first-order valence-electron chi connectivity index (χ1n) is 6.88. The zero-order valence-electron chi connectivity index (χ0n) is 12.6. The van der Waals surface area contributed by atoms with Gasteiger partial charge in [0.2, 0.25) is 0 Å². The first-order valence-corrected chi connectivity index (χ1v) is 6.88. The molecule has 0 aliphatic carbocycles. The summed E-state index contributed by atoms with van der Waals surface area (Å²) in [5.74, 6) is -0.142. The number of nitrogens with one attached hydrogen (secondary N) is 2. The van der Waals surface area contributed by atoms with Gasteiger partial charge in [-0.1, -0.05) is 36.4 Å². The van der Waals surface area contributed by atoms with Crippen molar-refractivity contribution in [3.63, 3.8) is 0 Å². The molecule has 0 unspecified atom stereocenters. The number of carbonyl (C=O) groups excluding carboxylic acids is 1. The molecule has 2 N–H and O–H groups in total. The van der Waals surface area contributed by atoms with Gasteiger partial charge in [-0.2, -0.15) is 5.10 Å². The maximum Gasteiger partial charge on any atom is 0.260 e. The molecule has 0 saturated heterocycles. The van der Waals surface area contributed by atoms with E-state index in [2.05, 4.69) is 16.0 Å². The largest absolute Gasteiger partial charge is 0.298 e. The fourth-order valence-corrected chi connectivity index (χ4v) is 2.08. The van der Waals surface area contributed by atoms with Gasteiger partial charge in [0.15, 0.2) is 0 Å². The Kier molecular flexibility index (Phi) is 4.77.